The summed E-state index contributed by atoms with van der Waals surface area (Å²) in [6.45, 7) is 0. The summed E-state index contributed by atoms with van der Waals surface area (Å²) >= 11 is 5.92. The van der Waals surface area contributed by atoms with Crippen LogP contribution in [0.3, 0.4) is 0 Å². The highest BCUT2D eigenvalue weighted by atomic mass is 35.5. The topological polar surface area (TPSA) is 64.3 Å². The molecule has 0 atom stereocenters. The van der Waals surface area contributed by atoms with Gasteiger partial charge < -0.3 is 14.4 Å². The number of rotatable bonds is 2. The number of aromatic nitrogens is 2. The fourth-order valence-corrected chi connectivity index (χ4v) is 1.78. The van der Waals surface area contributed by atoms with Crippen LogP contribution in [0.25, 0.3) is 11.0 Å². The van der Waals surface area contributed by atoms with Gasteiger partial charge in [-0.15, -0.1) is 0 Å². The summed E-state index contributed by atoms with van der Waals surface area (Å²) in [6, 6.07) is 3.12. The highest BCUT2D eigenvalue weighted by Gasteiger charge is 2.15. The van der Waals surface area contributed by atoms with Crippen LogP contribution < -0.4 is 4.74 Å². The molecule has 1 N–H and O–H groups in total. The Morgan fingerprint density at radius 1 is 1.56 bits per heavy atom. The van der Waals surface area contributed by atoms with Crippen molar-refractivity contribution in [3.8, 4) is 5.88 Å². The van der Waals surface area contributed by atoms with E-state index in [1.807, 2.05) is 0 Å². The number of carboxylic acids is 1. The Kier molecular flexibility index (Phi) is 2.47. The summed E-state index contributed by atoms with van der Waals surface area (Å²) in [6.07, 6.45) is 0. The van der Waals surface area contributed by atoms with Gasteiger partial charge >= 0.3 is 5.97 Å². The summed E-state index contributed by atoms with van der Waals surface area (Å²) in [7, 11) is 3.11. The molecule has 84 valence electrons. The molecule has 0 saturated heterocycles. The van der Waals surface area contributed by atoms with Gasteiger partial charge in [-0.2, -0.15) is 0 Å². The zero-order valence-corrected chi connectivity index (χ0v) is 9.45. The van der Waals surface area contributed by atoms with Crippen molar-refractivity contribution in [3.05, 3.63) is 22.8 Å². The number of ether oxygens (including phenoxy) is 1. The third-order valence-corrected chi connectivity index (χ3v) is 2.63. The lowest BCUT2D eigenvalue weighted by atomic mass is 10.3. The van der Waals surface area contributed by atoms with Gasteiger partial charge in [-0.3, -0.25) is 0 Å². The third kappa shape index (κ3) is 1.49. The molecule has 2 aromatic heterocycles. The average molecular weight is 241 g/mol. The van der Waals surface area contributed by atoms with Crippen molar-refractivity contribution in [2.75, 3.05) is 7.11 Å². The van der Waals surface area contributed by atoms with Crippen molar-refractivity contribution < 1.29 is 14.6 Å². The Morgan fingerprint density at radius 2 is 2.25 bits per heavy atom. The van der Waals surface area contributed by atoms with Crippen molar-refractivity contribution in [2.24, 2.45) is 7.05 Å². The van der Waals surface area contributed by atoms with E-state index in [0.717, 1.165) is 0 Å². The summed E-state index contributed by atoms with van der Waals surface area (Å²) in [4.78, 5) is 15.0. The summed E-state index contributed by atoms with van der Waals surface area (Å²) in [5, 5.41) is 9.30. The van der Waals surface area contributed by atoms with Crippen LogP contribution in [0.4, 0.5) is 0 Å². The van der Waals surface area contributed by atoms with E-state index in [-0.39, 0.29) is 11.6 Å². The van der Waals surface area contributed by atoms with Gasteiger partial charge in [0.1, 0.15) is 10.7 Å². The first-order valence-corrected chi connectivity index (χ1v) is 4.85. The molecular formula is C10H9ClN2O3. The fourth-order valence-electron chi connectivity index (χ4n) is 1.56. The number of hydrogen-bond donors (Lipinski definition) is 1. The molecule has 16 heavy (non-hydrogen) atoms. The summed E-state index contributed by atoms with van der Waals surface area (Å²) in [5.74, 6) is -0.715. The second-order valence-electron chi connectivity index (χ2n) is 3.28. The van der Waals surface area contributed by atoms with Gasteiger partial charge in [-0.1, -0.05) is 11.6 Å². The van der Waals surface area contributed by atoms with Gasteiger partial charge in [0.15, 0.2) is 0 Å². The van der Waals surface area contributed by atoms with Crippen LogP contribution in [0.1, 0.15) is 10.5 Å². The van der Waals surface area contributed by atoms with Gasteiger partial charge in [0.05, 0.1) is 18.1 Å². The van der Waals surface area contributed by atoms with E-state index in [4.69, 9.17) is 21.4 Å². The van der Waals surface area contributed by atoms with Crippen molar-refractivity contribution >= 4 is 28.6 Å². The standard InChI is InChI=1S/C10H9ClN2O3/c1-13-7-3-5(11)9(16-2)12-6(7)4-8(13)10(14)15/h3-4H,1-2H3,(H,14,15). The van der Waals surface area contributed by atoms with Crippen molar-refractivity contribution in [1.29, 1.82) is 0 Å². The van der Waals surface area contributed by atoms with E-state index in [0.29, 0.717) is 16.1 Å². The van der Waals surface area contributed by atoms with E-state index >= 15 is 0 Å². The molecule has 0 aliphatic heterocycles. The van der Waals surface area contributed by atoms with Gasteiger partial charge in [-0.05, 0) is 12.1 Å². The number of methoxy groups -OCH3 is 1. The summed E-state index contributed by atoms with van der Waals surface area (Å²) in [5.41, 5.74) is 1.36. The van der Waals surface area contributed by atoms with Crippen LogP contribution in [-0.2, 0) is 7.05 Å². The van der Waals surface area contributed by atoms with E-state index in [9.17, 15) is 4.79 Å². The lowest BCUT2D eigenvalue weighted by molar-refractivity contribution is 0.0687. The molecule has 0 bridgehead atoms. The second kappa shape index (κ2) is 3.68. The second-order valence-corrected chi connectivity index (χ2v) is 3.68. The van der Waals surface area contributed by atoms with Gasteiger partial charge in [0.2, 0.25) is 5.88 Å². The first kappa shape index (κ1) is 10.8. The monoisotopic (exact) mass is 240 g/mol. The Morgan fingerprint density at radius 3 is 2.81 bits per heavy atom. The summed E-state index contributed by atoms with van der Waals surface area (Å²) < 4.78 is 6.49. The predicted octanol–water partition coefficient (Wildman–Crippen LogP) is 1.93. The molecule has 0 saturated carbocycles. The zero-order chi connectivity index (χ0) is 11.9. The molecule has 0 spiro atoms. The molecule has 0 amide bonds. The Labute approximate surface area is 96.2 Å². The fraction of sp³-hybridized carbons (Fsp3) is 0.200. The minimum absolute atomic E-state index is 0.159. The van der Waals surface area contributed by atoms with E-state index in [1.54, 1.807) is 13.1 Å². The SMILES string of the molecule is COc1nc2cc(C(=O)O)n(C)c2cc1Cl. The maximum absolute atomic E-state index is 10.9. The average Bonchev–Trinajstić information content (AvgIpc) is 2.55. The number of aromatic carboxylic acids is 1. The van der Waals surface area contributed by atoms with Crippen LogP contribution >= 0.6 is 11.6 Å². The van der Waals surface area contributed by atoms with E-state index in [2.05, 4.69) is 4.98 Å². The van der Waals surface area contributed by atoms with Gasteiger partial charge in [-0.25, -0.2) is 9.78 Å². The first-order valence-electron chi connectivity index (χ1n) is 4.48. The third-order valence-electron chi connectivity index (χ3n) is 2.36. The lowest BCUT2D eigenvalue weighted by Gasteiger charge is -2.03. The Hall–Kier alpha value is -1.75. The largest absolute Gasteiger partial charge is 0.480 e. The quantitative estimate of drug-likeness (QED) is 0.871. The van der Waals surface area contributed by atoms with Crippen LogP contribution in [0.5, 0.6) is 5.88 Å². The number of hydrogen-bond acceptors (Lipinski definition) is 3. The molecule has 2 aromatic rings. The lowest BCUT2D eigenvalue weighted by Crippen LogP contribution is -2.03. The van der Waals surface area contributed by atoms with Gasteiger partial charge in [0, 0.05) is 7.05 Å². The van der Waals surface area contributed by atoms with Gasteiger partial charge in [0.25, 0.3) is 0 Å². The van der Waals surface area contributed by atoms with Crippen LogP contribution in [0.15, 0.2) is 12.1 Å². The molecule has 5 nitrogen and oxygen atoms in total. The molecule has 0 aliphatic carbocycles. The number of carboxylic acid groups (broad SMARTS) is 1. The molecule has 0 unspecified atom stereocenters. The highest BCUT2D eigenvalue weighted by molar-refractivity contribution is 6.32. The number of aryl methyl sites for hydroxylation is 1. The normalized spacial score (nSPS) is 10.7. The minimum Gasteiger partial charge on any atom is -0.480 e. The maximum Gasteiger partial charge on any atom is 0.352 e. The highest BCUT2D eigenvalue weighted by Crippen LogP contribution is 2.27. The van der Waals surface area contributed by atoms with E-state index in [1.165, 1.54) is 17.7 Å². The molecular weight excluding hydrogens is 232 g/mol. The molecule has 2 heterocycles. The minimum atomic E-state index is -1.00. The zero-order valence-electron chi connectivity index (χ0n) is 8.69. The van der Waals surface area contributed by atoms with Crippen molar-refractivity contribution in [1.82, 2.24) is 9.55 Å². The number of carbonyl (C=O) groups is 1. The maximum atomic E-state index is 10.9. The smallest absolute Gasteiger partial charge is 0.352 e. The molecule has 0 radical (unpaired) electrons. The molecule has 0 fully saturated rings. The van der Waals surface area contributed by atoms with Crippen molar-refractivity contribution in [2.45, 2.75) is 0 Å². The number of halogens is 1. The number of fused-ring (bicyclic) bond motifs is 1. The van der Waals surface area contributed by atoms with Crippen LogP contribution in [-0.4, -0.2) is 27.7 Å². The predicted molar refractivity (Wildman–Crippen MR) is 59.2 cm³/mol. The van der Waals surface area contributed by atoms with Crippen molar-refractivity contribution in [3.63, 3.8) is 0 Å². The molecule has 0 aromatic carbocycles. The van der Waals surface area contributed by atoms with E-state index < -0.39 is 5.97 Å². The Balaban J connectivity index is 2.77. The number of nitrogens with zero attached hydrogens (tertiary/aromatic N) is 2. The first-order chi connectivity index (χ1) is 7.54. The Bertz CT molecular complexity index is 577. The molecule has 6 heteroatoms. The molecule has 0 aliphatic rings. The molecule has 2 rings (SSSR count). The number of pyridine rings is 1. The van der Waals surface area contributed by atoms with Crippen LogP contribution in [0, 0.1) is 0 Å². The van der Waals surface area contributed by atoms with Crippen LogP contribution in [0.2, 0.25) is 5.02 Å².